The molecule has 6 nitrogen and oxygen atoms in total. The molecule has 0 aliphatic rings. The van der Waals surface area contributed by atoms with E-state index in [0.29, 0.717) is 13.2 Å². The molecule has 36 heavy (non-hydrogen) atoms. The number of ether oxygens (including phenoxy) is 2. The summed E-state index contributed by atoms with van der Waals surface area (Å²) in [6.07, 6.45) is 3.57. The van der Waals surface area contributed by atoms with Crippen molar-refractivity contribution in [1.82, 2.24) is 14.9 Å². The van der Waals surface area contributed by atoms with Crippen LogP contribution in [0.3, 0.4) is 0 Å². The monoisotopic (exact) mass is 485 g/mol. The predicted molar refractivity (Wildman–Crippen MR) is 144 cm³/mol. The molecule has 0 atom stereocenters. The SMILES string of the molecule is COc1cccc(OCCCCn2c(CCCNC(=O)c3ccc(C)cc3C)nc3ccccc32)c1. The Bertz CT molecular complexity index is 1310. The highest BCUT2D eigenvalue weighted by molar-refractivity contribution is 5.95. The molecule has 0 aliphatic carbocycles. The minimum Gasteiger partial charge on any atom is -0.497 e. The van der Waals surface area contributed by atoms with Crippen molar-refractivity contribution < 1.29 is 14.3 Å². The van der Waals surface area contributed by atoms with E-state index in [2.05, 4.69) is 28.1 Å². The van der Waals surface area contributed by atoms with E-state index < -0.39 is 0 Å². The molecule has 188 valence electrons. The molecule has 1 amide bonds. The van der Waals surface area contributed by atoms with Gasteiger partial charge in [0.05, 0.1) is 24.8 Å². The fourth-order valence-corrected chi connectivity index (χ4v) is 4.43. The van der Waals surface area contributed by atoms with Crippen LogP contribution in [-0.4, -0.2) is 35.7 Å². The van der Waals surface area contributed by atoms with E-state index in [1.807, 2.05) is 62.4 Å². The molecule has 0 saturated carbocycles. The van der Waals surface area contributed by atoms with Crippen LogP contribution in [0.5, 0.6) is 11.5 Å². The van der Waals surface area contributed by atoms with Crippen molar-refractivity contribution in [3.8, 4) is 11.5 Å². The van der Waals surface area contributed by atoms with Crippen LogP contribution < -0.4 is 14.8 Å². The number of carbonyl (C=O) groups is 1. The molecule has 1 heterocycles. The number of imidazole rings is 1. The number of benzene rings is 3. The maximum absolute atomic E-state index is 12.6. The molecule has 6 heteroatoms. The second kappa shape index (κ2) is 12.2. The summed E-state index contributed by atoms with van der Waals surface area (Å²) in [4.78, 5) is 17.5. The number of aryl methyl sites for hydroxylation is 4. The zero-order valence-electron chi connectivity index (χ0n) is 21.4. The number of rotatable bonds is 12. The van der Waals surface area contributed by atoms with Gasteiger partial charge in [0.2, 0.25) is 0 Å². The molecule has 0 spiro atoms. The van der Waals surface area contributed by atoms with Gasteiger partial charge < -0.3 is 19.4 Å². The lowest BCUT2D eigenvalue weighted by Crippen LogP contribution is -2.25. The van der Waals surface area contributed by atoms with Crippen LogP contribution in [0.1, 0.15) is 46.6 Å². The van der Waals surface area contributed by atoms with Gasteiger partial charge in [0, 0.05) is 31.1 Å². The summed E-state index contributed by atoms with van der Waals surface area (Å²) >= 11 is 0. The van der Waals surface area contributed by atoms with Gasteiger partial charge in [-0.25, -0.2) is 4.98 Å². The van der Waals surface area contributed by atoms with Crippen LogP contribution in [-0.2, 0) is 13.0 Å². The van der Waals surface area contributed by atoms with Crippen LogP contribution in [0.4, 0.5) is 0 Å². The van der Waals surface area contributed by atoms with E-state index in [0.717, 1.165) is 77.3 Å². The molecular weight excluding hydrogens is 450 g/mol. The zero-order valence-corrected chi connectivity index (χ0v) is 21.4. The van der Waals surface area contributed by atoms with Crippen molar-refractivity contribution in [3.63, 3.8) is 0 Å². The van der Waals surface area contributed by atoms with Crippen molar-refractivity contribution >= 4 is 16.9 Å². The number of hydrogen-bond donors (Lipinski definition) is 1. The van der Waals surface area contributed by atoms with E-state index in [-0.39, 0.29) is 5.91 Å². The van der Waals surface area contributed by atoms with Crippen LogP contribution in [0.15, 0.2) is 66.7 Å². The summed E-state index contributed by atoms with van der Waals surface area (Å²) in [7, 11) is 1.66. The molecule has 0 fully saturated rings. The van der Waals surface area contributed by atoms with E-state index >= 15 is 0 Å². The Hall–Kier alpha value is -3.80. The summed E-state index contributed by atoms with van der Waals surface area (Å²) < 4.78 is 13.5. The van der Waals surface area contributed by atoms with E-state index in [4.69, 9.17) is 14.5 Å². The first kappa shape index (κ1) is 25.3. The second-order valence-electron chi connectivity index (χ2n) is 9.08. The minimum absolute atomic E-state index is 0.0166. The lowest BCUT2D eigenvalue weighted by Gasteiger charge is -2.11. The second-order valence-corrected chi connectivity index (χ2v) is 9.08. The van der Waals surface area contributed by atoms with Gasteiger partial charge in [-0.05, 0) is 69.0 Å². The number of unbranched alkanes of at least 4 members (excludes halogenated alkanes) is 1. The van der Waals surface area contributed by atoms with E-state index in [1.165, 1.54) is 0 Å². The molecule has 4 aromatic rings. The maximum Gasteiger partial charge on any atom is 0.251 e. The molecule has 1 aromatic heterocycles. The number of amides is 1. The number of hydrogen-bond acceptors (Lipinski definition) is 4. The molecule has 4 rings (SSSR count). The summed E-state index contributed by atoms with van der Waals surface area (Å²) in [6.45, 7) is 6.16. The Morgan fingerprint density at radius 3 is 2.61 bits per heavy atom. The summed E-state index contributed by atoms with van der Waals surface area (Å²) in [5.74, 6) is 2.67. The van der Waals surface area contributed by atoms with Gasteiger partial charge in [0.25, 0.3) is 5.91 Å². The standard InChI is InChI=1S/C30H35N3O3/c1-22-15-16-26(23(2)20-22)30(34)31-17-9-14-29-32-27-12-4-5-13-28(27)33(29)18-6-7-19-36-25-11-8-10-24(21-25)35-3/h4-5,8,10-13,15-16,20-21H,6-7,9,14,17-19H2,1-3H3,(H,31,34). The van der Waals surface area contributed by atoms with E-state index in [1.54, 1.807) is 7.11 Å². The average molecular weight is 486 g/mol. The van der Waals surface area contributed by atoms with Gasteiger partial charge in [-0.1, -0.05) is 35.9 Å². The van der Waals surface area contributed by atoms with Crippen molar-refractivity contribution in [2.45, 2.75) is 46.1 Å². The first-order chi connectivity index (χ1) is 17.5. The molecule has 0 bridgehead atoms. The molecular formula is C30H35N3O3. The molecule has 0 radical (unpaired) electrons. The molecule has 3 aromatic carbocycles. The number of fused-ring (bicyclic) bond motifs is 1. The van der Waals surface area contributed by atoms with Gasteiger partial charge in [-0.3, -0.25) is 4.79 Å². The summed E-state index contributed by atoms with van der Waals surface area (Å²) in [5.41, 5.74) is 5.07. The number of nitrogens with zero attached hydrogens (tertiary/aromatic N) is 2. The van der Waals surface area contributed by atoms with Gasteiger partial charge in [-0.15, -0.1) is 0 Å². The largest absolute Gasteiger partial charge is 0.497 e. The van der Waals surface area contributed by atoms with Crippen molar-refractivity contribution in [3.05, 3.63) is 89.2 Å². The number of methoxy groups -OCH3 is 1. The third-order valence-corrected chi connectivity index (χ3v) is 6.31. The van der Waals surface area contributed by atoms with Gasteiger partial charge in [0.1, 0.15) is 17.3 Å². The number of aromatic nitrogens is 2. The first-order valence-corrected chi connectivity index (χ1v) is 12.6. The van der Waals surface area contributed by atoms with Gasteiger partial charge in [-0.2, -0.15) is 0 Å². The van der Waals surface area contributed by atoms with Gasteiger partial charge >= 0.3 is 0 Å². The van der Waals surface area contributed by atoms with Crippen molar-refractivity contribution in [2.75, 3.05) is 20.3 Å². The third kappa shape index (κ3) is 6.45. The highest BCUT2D eigenvalue weighted by Crippen LogP contribution is 2.20. The van der Waals surface area contributed by atoms with Crippen molar-refractivity contribution in [2.24, 2.45) is 0 Å². The quantitative estimate of drug-likeness (QED) is 0.254. The fraction of sp³-hybridized carbons (Fsp3) is 0.333. The lowest BCUT2D eigenvalue weighted by molar-refractivity contribution is 0.0952. The number of nitrogens with one attached hydrogen (secondary N) is 1. The molecule has 0 unspecified atom stereocenters. The fourth-order valence-electron chi connectivity index (χ4n) is 4.43. The van der Waals surface area contributed by atoms with Gasteiger partial charge in [0.15, 0.2) is 0 Å². The van der Waals surface area contributed by atoms with Crippen LogP contribution in [0, 0.1) is 13.8 Å². The molecule has 0 saturated heterocycles. The van der Waals surface area contributed by atoms with Crippen LogP contribution in [0.2, 0.25) is 0 Å². The Morgan fingerprint density at radius 2 is 1.78 bits per heavy atom. The molecule has 1 N–H and O–H groups in total. The van der Waals surface area contributed by atoms with Crippen LogP contribution >= 0.6 is 0 Å². The molecule has 0 aliphatic heterocycles. The Kier molecular flexibility index (Phi) is 8.61. The topological polar surface area (TPSA) is 65.4 Å². The normalized spacial score (nSPS) is 11.0. The summed E-state index contributed by atoms with van der Waals surface area (Å²) in [6, 6.07) is 21.9. The minimum atomic E-state index is -0.0166. The average Bonchev–Trinajstić information content (AvgIpc) is 3.23. The zero-order chi connectivity index (χ0) is 25.3. The Labute approximate surface area is 213 Å². The van der Waals surface area contributed by atoms with E-state index in [9.17, 15) is 4.79 Å². The van der Waals surface area contributed by atoms with Crippen molar-refractivity contribution in [1.29, 1.82) is 0 Å². The highest BCUT2D eigenvalue weighted by Gasteiger charge is 2.12. The Balaban J connectivity index is 1.29. The summed E-state index contributed by atoms with van der Waals surface area (Å²) in [5, 5.41) is 3.06. The third-order valence-electron chi connectivity index (χ3n) is 6.31. The lowest BCUT2D eigenvalue weighted by atomic mass is 10.1. The highest BCUT2D eigenvalue weighted by atomic mass is 16.5. The number of para-hydroxylation sites is 2. The number of carbonyl (C=O) groups excluding carboxylic acids is 1. The Morgan fingerprint density at radius 1 is 0.944 bits per heavy atom. The predicted octanol–water partition coefficient (Wildman–Crippen LogP) is 5.88. The van der Waals surface area contributed by atoms with Crippen LogP contribution in [0.25, 0.3) is 11.0 Å². The maximum atomic E-state index is 12.6. The smallest absolute Gasteiger partial charge is 0.251 e. The first-order valence-electron chi connectivity index (χ1n) is 12.6.